The van der Waals surface area contributed by atoms with Gasteiger partial charge in [0.1, 0.15) is 5.54 Å². The van der Waals surface area contributed by atoms with E-state index >= 15 is 0 Å². The minimum atomic E-state index is -0.679. The first-order valence-electron chi connectivity index (χ1n) is 6.63. The molecule has 1 saturated heterocycles. The second-order valence-corrected chi connectivity index (χ2v) is 5.08. The van der Waals surface area contributed by atoms with Gasteiger partial charge in [0.25, 0.3) is 5.91 Å². The van der Waals surface area contributed by atoms with Crippen molar-refractivity contribution in [2.75, 3.05) is 14.1 Å². The highest BCUT2D eigenvalue weighted by Gasteiger charge is 2.52. The van der Waals surface area contributed by atoms with Crippen molar-refractivity contribution in [3.05, 3.63) is 35.9 Å². The smallest absolute Gasteiger partial charge is 0.313 e. The van der Waals surface area contributed by atoms with Gasteiger partial charge in [0.2, 0.25) is 0 Å². The average Bonchev–Trinajstić information content (AvgIpc) is 2.61. The predicted octanol–water partition coefficient (Wildman–Crippen LogP) is 2.29. The van der Waals surface area contributed by atoms with Crippen molar-refractivity contribution in [1.82, 2.24) is 9.80 Å². The van der Waals surface area contributed by atoms with Gasteiger partial charge in [-0.05, 0) is 24.8 Å². The molecule has 3 amide bonds. The molecule has 0 spiro atoms. The van der Waals surface area contributed by atoms with Gasteiger partial charge in [-0.3, -0.25) is 9.69 Å². The standard InChI is InChI=1S/C15H20N2O2/c1-4-15(11-10-12-8-6-5-7-9-12)13(18)16(2)14(19)17(15)3/h5-9H,4,10-11H2,1-3H3/t15-/m1/s1. The molecule has 1 atom stereocenters. The van der Waals surface area contributed by atoms with Crippen LogP contribution in [-0.2, 0) is 11.2 Å². The summed E-state index contributed by atoms with van der Waals surface area (Å²) in [6.45, 7) is 1.96. The number of rotatable bonds is 4. The molecule has 1 fully saturated rings. The van der Waals surface area contributed by atoms with Gasteiger partial charge in [-0.25, -0.2) is 4.79 Å². The normalized spacial score (nSPS) is 23.3. The second-order valence-electron chi connectivity index (χ2n) is 5.08. The summed E-state index contributed by atoms with van der Waals surface area (Å²) in [6.07, 6.45) is 2.11. The molecule has 0 N–H and O–H groups in total. The van der Waals surface area contributed by atoms with Crippen LogP contribution in [0, 0.1) is 0 Å². The van der Waals surface area contributed by atoms with Crippen molar-refractivity contribution >= 4 is 11.9 Å². The Bertz CT molecular complexity index is 486. The monoisotopic (exact) mass is 260 g/mol. The minimum Gasteiger partial charge on any atom is -0.313 e. The maximum absolute atomic E-state index is 12.4. The van der Waals surface area contributed by atoms with Crippen molar-refractivity contribution in [1.29, 1.82) is 0 Å². The Kier molecular flexibility index (Phi) is 3.60. The quantitative estimate of drug-likeness (QED) is 0.779. The first kappa shape index (κ1) is 13.6. The lowest BCUT2D eigenvalue weighted by molar-refractivity contribution is -0.132. The molecule has 0 saturated carbocycles. The largest absolute Gasteiger partial charge is 0.327 e. The highest BCUT2D eigenvalue weighted by molar-refractivity contribution is 6.06. The van der Waals surface area contributed by atoms with E-state index in [1.165, 1.54) is 10.5 Å². The molecule has 0 aliphatic carbocycles. The second kappa shape index (κ2) is 5.03. The number of amides is 3. The van der Waals surface area contributed by atoms with E-state index in [9.17, 15) is 9.59 Å². The summed E-state index contributed by atoms with van der Waals surface area (Å²) in [4.78, 5) is 27.1. The lowest BCUT2D eigenvalue weighted by Gasteiger charge is -2.31. The van der Waals surface area contributed by atoms with Crippen molar-refractivity contribution in [2.45, 2.75) is 31.7 Å². The molecule has 1 aromatic rings. The van der Waals surface area contributed by atoms with E-state index in [4.69, 9.17) is 0 Å². The number of benzene rings is 1. The Morgan fingerprint density at radius 1 is 1.11 bits per heavy atom. The molecule has 0 radical (unpaired) electrons. The van der Waals surface area contributed by atoms with Gasteiger partial charge in [-0.1, -0.05) is 37.3 Å². The maximum Gasteiger partial charge on any atom is 0.327 e. The Morgan fingerprint density at radius 2 is 1.74 bits per heavy atom. The molecule has 4 heteroatoms. The summed E-state index contributed by atoms with van der Waals surface area (Å²) in [5.41, 5.74) is 0.514. The van der Waals surface area contributed by atoms with Crippen LogP contribution >= 0.6 is 0 Å². The minimum absolute atomic E-state index is 0.0848. The summed E-state index contributed by atoms with van der Waals surface area (Å²) >= 11 is 0. The van der Waals surface area contributed by atoms with Gasteiger partial charge >= 0.3 is 6.03 Å². The zero-order valence-electron chi connectivity index (χ0n) is 11.7. The number of imide groups is 1. The van der Waals surface area contributed by atoms with Crippen LogP contribution in [0.3, 0.4) is 0 Å². The van der Waals surface area contributed by atoms with Crippen molar-refractivity contribution in [2.24, 2.45) is 0 Å². The van der Waals surface area contributed by atoms with Crippen LogP contribution in [0.4, 0.5) is 4.79 Å². The fourth-order valence-electron chi connectivity index (χ4n) is 2.79. The van der Waals surface area contributed by atoms with E-state index in [-0.39, 0.29) is 11.9 Å². The van der Waals surface area contributed by atoms with E-state index in [0.29, 0.717) is 12.8 Å². The summed E-state index contributed by atoms with van der Waals surface area (Å²) < 4.78 is 0. The molecular weight excluding hydrogens is 240 g/mol. The Hall–Kier alpha value is -1.84. The summed E-state index contributed by atoms with van der Waals surface area (Å²) in [7, 11) is 3.28. The molecule has 102 valence electrons. The van der Waals surface area contributed by atoms with E-state index in [1.54, 1.807) is 19.0 Å². The van der Waals surface area contributed by atoms with Gasteiger partial charge in [0, 0.05) is 14.1 Å². The average molecular weight is 260 g/mol. The molecule has 2 rings (SSSR count). The van der Waals surface area contributed by atoms with Crippen LogP contribution in [-0.4, -0.2) is 41.4 Å². The van der Waals surface area contributed by atoms with Gasteiger partial charge in [0.15, 0.2) is 0 Å². The number of aryl methyl sites for hydroxylation is 1. The third kappa shape index (κ3) is 2.11. The van der Waals surface area contributed by atoms with Crippen molar-refractivity contribution < 1.29 is 9.59 Å². The first-order chi connectivity index (χ1) is 9.03. The first-order valence-corrected chi connectivity index (χ1v) is 6.63. The third-order valence-corrected chi connectivity index (χ3v) is 4.17. The predicted molar refractivity (Wildman–Crippen MR) is 73.7 cm³/mol. The fraction of sp³-hybridized carbons (Fsp3) is 0.467. The summed E-state index contributed by atoms with van der Waals surface area (Å²) in [5.74, 6) is -0.0848. The van der Waals surface area contributed by atoms with Gasteiger partial charge in [-0.2, -0.15) is 0 Å². The van der Waals surface area contributed by atoms with Gasteiger partial charge < -0.3 is 4.90 Å². The van der Waals surface area contributed by atoms with Crippen LogP contribution in [0.25, 0.3) is 0 Å². The highest BCUT2D eigenvalue weighted by Crippen LogP contribution is 2.33. The zero-order chi connectivity index (χ0) is 14.0. The number of nitrogens with zero attached hydrogens (tertiary/aromatic N) is 2. The Balaban J connectivity index is 2.19. The highest BCUT2D eigenvalue weighted by atomic mass is 16.2. The molecule has 1 aliphatic heterocycles. The molecule has 19 heavy (non-hydrogen) atoms. The maximum atomic E-state index is 12.4. The Labute approximate surface area is 114 Å². The van der Waals surface area contributed by atoms with Crippen LogP contribution in [0.2, 0.25) is 0 Å². The molecule has 1 aliphatic rings. The summed E-state index contributed by atoms with van der Waals surface area (Å²) in [5, 5.41) is 0. The molecule has 0 aromatic heterocycles. The van der Waals surface area contributed by atoms with E-state index < -0.39 is 5.54 Å². The number of carbonyl (C=O) groups excluding carboxylic acids is 2. The third-order valence-electron chi connectivity index (χ3n) is 4.17. The SMILES string of the molecule is CC[C@@]1(CCc2ccccc2)C(=O)N(C)C(=O)N1C. The Morgan fingerprint density at radius 3 is 2.21 bits per heavy atom. The number of urea groups is 1. The lowest BCUT2D eigenvalue weighted by Crippen LogP contribution is -2.47. The van der Waals surface area contributed by atoms with Crippen LogP contribution < -0.4 is 0 Å². The summed E-state index contributed by atoms with van der Waals surface area (Å²) in [6, 6.07) is 9.85. The van der Waals surface area contributed by atoms with Gasteiger partial charge in [-0.15, -0.1) is 0 Å². The number of likely N-dealkylation sites (N-methyl/N-ethyl adjacent to an activating group) is 2. The molecule has 1 heterocycles. The van der Waals surface area contributed by atoms with Crippen LogP contribution in [0.1, 0.15) is 25.3 Å². The molecule has 4 nitrogen and oxygen atoms in total. The molecule has 0 unspecified atom stereocenters. The number of hydrogen-bond acceptors (Lipinski definition) is 2. The van der Waals surface area contributed by atoms with E-state index in [2.05, 4.69) is 0 Å². The zero-order valence-corrected chi connectivity index (χ0v) is 11.7. The molecule has 0 bridgehead atoms. The van der Waals surface area contributed by atoms with E-state index in [0.717, 1.165) is 6.42 Å². The molecule has 1 aromatic carbocycles. The molecular formula is C15H20N2O2. The van der Waals surface area contributed by atoms with Crippen LogP contribution in [0.5, 0.6) is 0 Å². The fourth-order valence-corrected chi connectivity index (χ4v) is 2.79. The number of carbonyl (C=O) groups is 2. The van der Waals surface area contributed by atoms with Crippen LogP contribution in [0.15, 0.2) is 30.3 Å². The van der Waals surface area contributed by atoms with Crippen molar-refractivity contribution in [3.63, 3.8) is 0 Å². The number of hydrogen-bond donors (Lipinski definition) is 0. The van der Waals surface area contributed by atoms with Gasteiger partial charge in [0.05, 0.1) is 0 Å². The van der Waals surface area contributed by atoms with E-state index in [1.807, 2.05) is 37.3 Å². The topological polar surface area (TPSA) is 40.6 Å². The van der Waals surface area contributed by atoms with Crippen molar-refractivity contribution in [3.8, 4) is 0 Å². The lowest BCUT2D eigenvalue weighted by atomic mass is 9.87.